The molecule has 1 unspecified atom stereocenters. The Kier molecular flexibility index (Phi) is 5.85. The zero-order valence-corrected chi connectivity index (χ0v) is 11.7. The van der Waals surface area contributed by atoms with Crippen LogP contribution in [0.2, 0.25) is 0 Å². The van der Waals surface area contributed by atoms with Gasteiger partial charge in [-0.1, -0.05) is 13.0 Å². The van der Waals surface area contributed by atoms with Crippen LogP contribution in [0.25, 0.3) is 0 Å². The Bertz CT molecular complexity index is 409. The summed E-state index contributed by atoms with van der Waals surface area (Å²) in [5, 5.41) is 12.6. The summed E-state index contributed by atoms with van der Waals surface area (Å²) in [5.41, 5.74) is 0.241. The van der Waals surface area contributed by atoms with E-state index in [4.69, 9.17) is 4.74 Å². The predicted octanol–water partition coefficient (Wildman–Crippen LogP) is 2.13. The summed E-state index contributed by atoms with van der Waals surface area (Å²) in [6.07, 6.45) is 2.03. The second-order valence-electron chi connectivity index (χ2n) is 4.13. The molecule has 1 rings (SSSR count). The molecule has 0 saturated carbocycles. The molecule has 1 atom stereocenters. The maximum Gasteiger partial charge on any atom is 0.255 e. The van der Waals surface area contributed by atoms with Crippen LogP contribution in [-0.4, -0.2) is 36.7 Å². The van der Waals surface area contributed by atoms with Crippen molar-refractivity contribution in [1.29, 1.82) is 0 Å². The number of hydrogen-bond donors (Lipinski definition) is 2. The van der Waals surface area contributed by atoms with E-state index in [2.05, 4.69) is 12.2 Å². The lowest BCUT2D eigenvalue weighted by atomic mass is 10.1. The fourth-order valence-electron chi connectivity index (χ4n) is 1.58. The summed E-state index contributed by atoms with van der Waals surface area (Å²) in [5.74, 6) is 1.30. The minimum atomic E-state index is -0.278. The molecule has 18 heavy (non-hydrogen) atoms. The van der Waals surface area contributed by atoms with Crippen LogP contribution in [0.15, 0.2) is 18.2 Å². The fraction of sp³-hybridized carbons (Fsp3) is 0.462. The van der Waals surface area contributed by atoms with Gasteiger partial charge in [0.2, 0.25) is 0 Å². The van der Waals surface area contributed by atoms with E-state index < -0.39 is 0 Å². The molecule has 2 N–H and O–H groups in total. The van der Waals surface area contributed by atoms with E-state index in [-0.39, 0.29) is 17.2 Å². The van der Waals surface area contributed by atoms with Crippen LogP contribution in [0.5, 0.6) is 11.5 Å². The van der Waals surface area contributed by atoms with Crippen molar-refractivity contribution in [3.8, 4) is 11.5 Å². The van der Waals surface area contributed by atoms with Crippen molar-refractivity contribution >= 4 is 17.7 Å². The lowest BCUT2D eigenvalue weighted by Gasteiger charge is -2.12. The number of nitrogens with one attached hydrogen (secondary N) is 1. The van der Waals surface area contributed by atoms with Gasteiger partial charge in [0.15, 0.2) is 11.5 Å². The van der Waals surface area contributed by atoms with E-state index in [9.17, 15) is 9.90 Å². The molecule has 1 aromatic rings. The minimum Gasteiger partial charge on any atom is -0.504 e. The molecular formula is C13H19NO3S. The van der Waals surface area contributed by atoms with Crippen LogP contribution in [-0.2, 0) is 0 Å². The molecule has 0 bridgehead atoms. The Labute approximate surface area is 112 Å². The first-order chi connectivity index (χ1) is 8.60. The van der Waals surface area contributed by atoms with Gasteiger partial charge in [0.25, 0.3) is 5.91 Å². The first-order valence-corrected chi connectivity index (χ1v) is 7.12. The molecule has 4 nitrogen and oxygen atoms in total. The van der Waals surface area contributed by atoms with Crippen LogP contribution >= 0.6 is 11.8 Å². The Morgan fingerprint density at radius 2 is 2.28 bits per heavy atom. The van der Waals surface area contributed by atoms with Gasteiger partial charge < -0.3 is 15.2 Å². The van der Waals surface area contributed by atoms with Gasteiger partial charge in [-0.2, -0.15) is 11.8 Å². The standard InChI is InChI=1S/C13H19NO3S/c1-9(8-18-3)7-14-13(16)10-5-4-6-11(17-2)12(10)15/h4-6,9,15H,7-8H2,1-3H3,(H,14,16). The molecule has 5 heteroatoms. The summed E-state index contributed by atoms with van der Waals surface area (Å²) in [6, 6.07) is 4.87. The van der Waals surface area contributed by atoms with Gasteiger partial charge in [-0.25, -0.2) is 0 Å². The third kappa shape index (κ3) is 3.84. The zero-order valence-electron chi connectivity index (χ0n) is 10.9. The molecule has 100 valence electrons. The molecule has 0 aliphatic carbocycles. The molecule has 0 saturated heterocycles. The van der Waals surface area contributed by atoms with E-state index in [1.807, 2.05) is 6.26 Å². The molecule has 0 aliphatic heterocycles. The monoisotopic (exact) mass is 269 g/mol. The zero-order chi connectivity index (χ0) is 13.5. The van der Waals surface area contributed by atoms with E-state index in [1.165, 1.54) is 7.11 Å². The first-order valence-electron chi connectivity index (χ1n) is 5.73. The third-order valence-electron chi connectivity index (χ3n) is 2.53. The summed E-state index contributed by atoms with van der Waals surface area (Å²) in [4.78, 5) is 11.9. The highest BCUT2D eigenvalue weighted by molar-refractivity contribution is 7.98. The number of amides is 1. The number of aromatic hydroxyl groups is 1. The summed E-state index contributed by atoms with van der Waals surface area (Å²) < 4.78 is 4.97. The van der Waals surface area contributed by atoms with Crippen molar-refractivity contribution in [2.24, 2.45) is 5.92 Å². The number of hydrogen-bond acceptors (Lipinski definition) is 4. The van der Waals surface area contributed by atoms with Crippen LogP contribution in [0.3, 0.4) is 0 Å². The Morgan fingerprint density at radius 1 is 1.56 bits per heavy atom. The van der Waals surface area contributed by atoms with Gasteiger partial charge in [-0.15, -0.1) is 0 Å². The lowest BCUT2D eigenvalue weighted by molar-refractivity contribution is 0.0946. The highest BCUT2D eigenvalue weighted by Crippen LogP contribution is 2.29. The molecule has 0 heterocycles. The number of carbonyl (C=O) groups excluding carboxylic acids is 1. The Hall–Kier alpha value is -1.36. The summed E-state index contributed by atoms with van der Waals surface area (Å²) >= 11 is 1.75. The second kappa shape index (κ2) is 7.16. The van der Waals surface area contributed by atoms with Crippen molar-refractivity contribution in [3.63, 3.8) is 0 Å². The number of methoxy groups -OCH3 is 1. The highest BCUT2D eigenvalue weighted by Gasteiger charge is 2.14. The highest BCUT2D eigenvalue weighted by atomic mass is 32.2. The van der Waals surface area contributed by atoms with Crippen LogP contribution in [0.4, 0.5) is 0 Å². The van der Waals surface area contributed by atoms with Crippen LogP contribution in [0.1, 0.15) is 17.3 Å². The van der Waals surface area contributed by atoms with E-state index in [0.717, 1.165) is 5.75 Å². The van der Waals surface area contributed by atoms with Crippen molar-refractivity contribution in [3.05, 3.63) is 23.8 Å². The lowest BCUT2D eigenvalue weighted by Crippen LogP contribution is -2.29. The number of ether oxygens (including phenoxy) is 1. The maximum absolute atomic E-state index is 11.9. The maximum atomic E-state index is 11.9. The van der Waals surface area contributed by atoms with Crippen LogP contribution < -0.4 is 10.1 Å². The Morgan fingerprint density at radius 3 is 2.89 bits per heavy atom. The van der Waals surface area contributed by atoms with Crippen molar-refractivity contribution in [1.82, 2.24) is 5.32 Å². The van der Waals surface area contributed by atoms with E-state index >= 15 is 0 Å². The summed E-state index contributed by atoms with van der Waals surface area (Å²) in [7, 11) is 1.46. The van der Waals surface area contributed by atoms with Gasteiger partial charge in [-0.3, -0.25) is 4.79 Å². The largest absolute Gasteiger partial charge is 0.504 e. The molecule has 1 amide bonds. The fourth-order valence-corrected chi connectivity index (χ4v) is 2.26. The molecule has 0 radical (unpaired) electrons. The topological polar surface area (TPSA) is 58.6 Å². The van der Waals surface area contributed by atoms with Gasteiger partial charge in [0, 0.05) is 6.54 Å². The van der Waals surface area contributed by atoms with Gasteiger partial charge in [0.05, 0.1) is 12.7 Å². The predicted molar refractivity (Wildman–Crippen MR) is 74.5 cm³/mol. The average molecular weight is 269 g/mol. The molecule has 0 spiro atoms. The number of thioether (sulfide) groups is 1. The van der Waals surface area contributed by atoms with E-state index in [1.54, 1.807) is 30.0 Å². The third-order valence-corrected chi connectivity index (χ3v) is 3.43. The van der Waals surface area contributed by atoms with Gasteiger partial charge in [0.1, 0.15) is 0 Å². The number of para-hydroxylation sites is 1. The smallest absolute Gasteiger partial charge is 0.255 e. The van der Waals surface area contributed by atoms with Crippen LogP contribution in [0, 0.1) is 5.92 Å². The average Bonchev–Trinajstić information content (AvgIpc) is 2.36. The second-order valence-corrected chi connectivity index (χ2v) is 5.04. The SMILES string of the molecule is COc1cccc(C(=O)NCC(C)CSC)c1O. The van der Waals surface area contributed by atoms with Crippen molar-refractivity contribution in [2.45, 2.75) is 6.92 Å². The number of carbonyl (C=O) groups is 1. The quantitative estimate of drug-likeness (QED) is 0.830. The number of phenols is 1. The molecule has 0 fully saturated rings. The van der Waals surface area contributed by atoms with Crippen molar-refractivity contribution in [2.75, 3.05) is 25.7 Å². The number of rotatable bonds is 6. The van der Waals surface area contributed by atoms with Gasteiger partial charge in [-0.05, 0) is 30.1 Å². The normalized spacial score (nSPS) is 11.9. The first kappa shape index (κ1) is 14.7. The van der Waals surface area contributed by atoms with Gasteiger partial charge >= 0.3 is 0 Å². The van der Waals surface area contributed by atoms with Crippen molar-refractivity contribution < 1.29 is 14.6 Å². The summed E-state index contributed by atoms with van der Waals surface area (Å²) in [6.45, 7) is 2.67. The molecule has 0 aromatic heterocycles. The minimum absolute atomic E-state index is 0.116. The Balaban J connectivity index is 2.67. The molecule has 0 aliphatic rings. The number of phenolic OH excluding ortho intramolecular Hbond substituents is 1. The molecular weight excluding hydrogens is 250 g/mol. The van der Waals surface area contributed by atoms with E-state index in [0.29, 0.717) is 18.2 Å². The molecule has 1 aromatic carbocycles. The number of benzene rings is 1.